The predicted molar refractivity (Wildman–Crippen MR) is 142 cm³/mol. The molecule has 0 spiro atoms. The molecule has 0 aliphatic rings. The van der Waals surface area contributed by atoms with Gasteiger partial charge in [-0.05, 0) is 56.7 Å². The van der Waals surface area contributed by atoms with Gasteiger partial charge in [-0.15, -0.1) is 0 Å². The zero-order chi connectivity index (χ0) is 27.4. The van der Waals surface area contributed by atoms with Crippen molar-refractivity contribution in [3.63, 3.8) is 0 Å². The Morgan fingerprint density at radius 1 is 1.03 bits per heavy atom. The van der Waals surface area contributed by atoms with Gasteiger partial charge < -0.3 is 15.4 Å². The molecule has 0 unspecified atom stereocenters. The summed E-state index contributed by atoms with van der Waals surface area (Å²) < 4.78 is 32.7. The van der Waals surface area contributed by atoms with Crippen molar-refractivity contribution in [2.75, 3.05) is 5.32 Å². The molecule has 0 saturated heterocycles. The highest BCUT2D eigenvalue weighted by Crippen LogP contribution is 2.28. The molecule has 6 nitrogen and oxygen atoms in total. The van der Waals surface area contributed by atoms with Gasteiger partial charge in [-0.1, -0.05) is 38.1 Å². The minimum absolute atomic E-state index is 0.0349. The minimum atomic E-state index is -0.711. The summed E-state index contributed by atoms with van der Waals surface area (Å²) in [6.07, 6.45) is 6.66. The quantitative estimate of drug-likeness (QED) is 0.257. The summed E-state index contributed by atoms with van der Waals surface area (Å²) in [5, 5.41) is 5.38. The van der Waals surface area contributed by atoms with E-state index in [4.69, 9.17) is 4.74 Å². The number of anilines is 1. The van der Waals surface area contributed by atoms with Crippen LogP contribution in [0, 0.1) is 18.6 Å². The van der Waals surface area contributed by atoms with E-state index in [1.807, 2.05) is 20.8 Å². The largest absolute Gasteiger partial charge is 0.457 e. The number of rotatable bonds is 8. The number of hydrogen-bond donors (Lipinski definition) is 2. The van der Waals surface area contributed by atoms with E-state index in [-0.39, 0.29) is 12.5 Å². The first-order chi connectivity index (χ1) is 17.8. The van der Waals surface area contributed by atoms with Crippen LogP contribution >= 0.6 is 0 Å². The molecule has 2 aromatic carbocycles. The lowest BCUT2D eigenvalue weighted by Gasteiger charge is -2.13. The number of aromatic nitrogens is 1. The van der Waals surface area contributed by atoms with Crippen LogP contribution in [0.25, 0.3) is 0 Å². The third-order valence-electron chi connectivity index (χ3n) is 5.02. The van der Waals surface area contributed by atoms with E-state index in [2.05, 4.69) is 15.6 Å². The molecule has 0 aliphatic carbocycles. The molecule has 0 fully saturated rings. The van der Waals surface area contributed by atoms with Crippen molar-refractivity contribution < 1.29 is 23.1 Å². The molecule has 1 aromatic heterocycles. The number of pyridine rings is 1. The van der Waals surface area contributed by atoms with E-state index in [0.717, 1.165) is 18.2 Å². The molecular weight excluding hydrogens is 476 g/mol. The summed E-state index contributed by atoms with van der Waals surface area (Å²) in [5.41, 5.74) is 1.73. The number of hydrogen-bond acceptors (Lipinski definition) is 4. The highest BCUT2D eigenvalue weighted by Gasteiger charge is 2.14. The lowest BCUT2D eigenvalue weighted by atomic mass is 10.1. The molecule has 37 heavy (non-hydrogen) atoms. The van der Waals surface area contributed by atoms with E-state index in [1.165, 1.54) is 6.20 Å². The Morgan fingerprint density at radius 3 is 2.38 bits per heavy atom. The zero-order valence-electron chi connectivity index (χ0n) is 21.6. The number of carbonyl (C=O) groups is 2. The van der Waals surface area contributed by atoms with Gasteiger partial charge in [0.1, 0.15) is 29.0 Å². The second kappa shape index (κ2) is 14.3. The Morgan fingerprint density at radius 2 is 1.73 bits per heavy atom. The van der Waals surface area contributed by atoms with Gasteiger partial charge in [0.05, 0.1) is 0 Å². The fourth-order valence-corrected chi connectivity index (χ4v) is 3.30. The first-order valence-electron chi connectivity index (χ1n) is 11.9. The molecule has 0 radical (unpaired) electrons. The molecule has 3 rings (SSSR count). The van der Waals surface area contributed by atoms with Crippen LogP contribution in [0.1, 0.15) is 49.2 Å². The van der Waals surface area contributed by atoms with Crippen LogP contribution in [0.2, 0.25) is 0 Å². The number of allylic oxidation sites excluding steroid dienone is 2. The van der Waals surface area contributed by atoms with Crippen LogP contribution in [0.3, 0.4) is 0 Å². The van der Waals surface area contributed by atoms with Crippen molar-refractivity contribution in [2.24, 2.45) is 0 Å². The molecule has 0 bridgehead atoms. The van der Waals surface area contributed by atoms with E-state index in [9.17, 15) is 18.4 Å². The van der Waals surface area contributed by atoms with E-state index >= 15 is 0 Å². The van der Waals surface area contributed by atoms with Gasteiger partial charge in [0.2, 0.25) is 0 Å². The molecule has 194 valence electrons. The molecular formula is C29H31F2N3O3. The van der Waals surface area contributed by atoms with Crippen LogP contribution in [0.4, 0.5) is 14.6 Å². The topological polar surface area (TPSA) is 80.3 Å². The van der Waals surface area contributed by atoms with E-state index < -0.39 is 17.5 Å². The molecule has 0 aliphatic heterocycles. The second-order valence-corrected chi connectivity index (χ2v) is 7.57. The van der Waals surface area contributed by atoms with Crippen LogP contribution in [-0.2, 0) is 11.3 Å². The Balaban J connectivity index is 0.00000235. The first-order valence-corrected chi connectivity index (χ1v) is 11.9. The number of ether oxygens (including phenoxy) is 1. The normalized spacial score (nSPS) is 10.9. The van der Waals surface area contributed by atoms with Gasteiger partial charge >= 0.3 is 0 Å². The van der Waals surface area contributed by atoms with Crippen LogP contribution in [-0.4, -0.2) is 16.8 Å². The van der Waals surface area contributed by atoms with Crippen LogP contribution in [0.15, 0.2) is 78.5 Å². The molecule has 2 N–H and O–H groups in total. The molecule has 8 heteroatoms. The summed E-state index contributed by atoms with van der Waals surface area (Å²) in [4.78, 5) is 29.2. The first kappa shape index (κ1) is 28.9. The monoisotopic (exact) mass is 507 g/mol. The summed E-state index contributed by atoms with van der Waals surface area (Å²) in [6, 6.07) is 11.3. The fraction of sp³-hybridized carbons (Fsp3) is 0.207. The van der Waals surface area contributed by atoms with E-state index in [1.54, 1.807) is 62.4 Å². The molecule has 2 amide bonds. The summed E-state index contributed by atoms with van der Waals surface area (Å²) in [6.45, 7) is 9.28. The zero-order valence-corrected chi connectivity index (χ0v) is 21.6. The number of carbonyl (C=O) groups excluding carboxylic acids is 2. The summed E-state index contributed by atoms with van der Waals surface area (Å²) >= 11 is 0. The lowest BCUT2D eigenvalue weighted by molar-refractivity contribution is -0.112. The van der Waals surface area contributed by atoms with Crippen molar-refractivity contribution in [1.29, 1.82) is 0 Å². The van der Waals surface area contributed by atoms with Gasteiger partial charge in [0, 0.05) is 41.6 Å². The van der Waals surface area contributed by atoms with Gasteiger partial charge in [0.25, 0.3) is 11.8 Å². The average Bonchev–Trinajstić information content (AvgIpc) is 2.88. The summed E-state index contributed by atoms with van der Waals surface area (Å²) in [7, 11) is 0. The summed E-state index contributed by atoms with van der Waals surface area (Å²) in [5.74, 6) is -0.980. The average molecular weight is 508 g/mol. The number of amides is 2. The van der Waals surface area contributed by atoms with Gasteiger partial charge in [0.15, 0.2) is 0 Å². The number of benzene rings is 2. The second-order valence-electron chi connectivity index (χ2n) is 7.57. The van der Waals surface area contributed by atoms with Crippen molar-refractivity contribution in [2.45, 2.75) is 41.2 Å². The third-order valence-corrected chi connectivity index (χ3v) is 5.02. The van der Waals surface area contributed by atoms with Crippen LogP contribution in [0.5, 0.6) is 11.5 Å². The molecule has 1 heterocycles. The number of halogens is 2. The lowest BCUT2D eigenvalue weighted by Crippen LogP contribution is -2.23. The Labute approximate surface area is 216 Å². The van der Waals surface area contributed by atoms with E-state index in [0.29, 0.717) is 39.6 Å². The van der Waals surface area contributed by atoms with Crippen molar-refractivity contribution in [3.8, 4) is 11.5 Å². The van der Waals surface area contributed by atoms with Gasteiger partial charge in [-0.25, -0.2) is 13.8 Å². The maximum absolute atomic E-state index is 13.4. The maximum Gasteiger partial charge on any atom is 0.256 e. The van der Waals surface area contributed by atoms with Gasteiger partial charge in [-0.2, -0.15) is 0 Å². The third kappa shape index (κ3) is 8.38. The number of nitrogens with one attached hydrogen (secondary N) is 2. The predicted octanol–water partition coefficient (Wildman–Crippen LogP) is 6.88. The molecule has 3 aromatic rings. The van der Waals surface area contributed by atoms with Crippen molar-refractivity contribution >= 4 is 17.6 Å². The molecule has 0 atom stereocenters. The van der Waals surface area contributed by atoms with Gasteiger partial charge in [-0.3, -0.25) is 9.59 Å². The Hall–Kier alpha value is -4.33. The standard InChI is InChI=1S/C27H25F2N3O3.C2H6/c1-4-7-19(5-2)26(33)32-25-15-22(10-11-30-25)35-24-9-6-8-23(17(24)3)27(34)31-16-18-12-20(28)14-21(29)13-18;1-2/h4-15H,16H2,1-3H3,(H,31,34)(H,30,32,33);1-2H3/b7-4-,19-5+;. The minimum Gasteiger partial charge on any atom is -0.457 e. The van der Waals surface area contributed by atoms with Crippen molar-refractivity contribution in [1.82, 2.24) is 10.3 Å². The Kier molecular flexibility index (Phi) is 11.2. The molecule has 0 saturated carbocycles. The maximum atomic E-state index is 13.4. The van der Waals surface area contributed by atoms with Crippen molar-refractivity contribution in [3.05, 3.63) is 107 Å². The fourth-order valence-electron chi connectivity index (χ4n) is 3.30. The SMILES string of the molecule is C/C=C\C(=C/C)C(=O)Nc1cc(Oc2cccc(C(=O)NCc3cc(F)cc(F)c3)c2C)ccn1.CC. The Bertz CT molecular complexity index is 1280. The van der Waals surface area contributed by atoms with Crippen LogP contribution < -0.4 is 15.4 Å². The smallest absolute Gasteiger partial charge is 0.256 e. The number of nitrogens with zero attached hydrogens (tertiary/aromatic N) is 1. The highest BCUT2D eigenvalue weighted by molar-refractivity contribution is 6.05. The highest BCUT2D eigenvalue weighted by atomic mass is 19.1.